The molecule has 1 fully saturated rings. The van der Waals surface area contributed by atoms with Gasteiger partial charge in [-0.15, -0.1) is 0 Å². The lowest BCUT2D eigenvalue weighted by molar-refractivity contribution is 0.102. The van der Waals surface area contributed by atoms with E-state index in [0.29, 0.717) is 24.4 Å². The van der Waals surface area contributed by atoms with Gasteiger partial charge in [-0.05, 0) is 19.1 Å². The SMILES string of the molecule is C[C@]1(CI)Cc2cc(NC(=O)c3cnn4cccnc34)c(N3CCOCC3)cc2O1. The number of aromatic nitrogens is 3. The number of carbonyl (C=O) groups is 1. The van der Waals surface area contributed by atoms with E-state index in [1.807, 2.05) is 0 Å². The van der Waals surface area contributed by atoms with Crippen molar-refractivity contribution in [3.8, 4) is 5.75 Å². The molecule has 5 rings (SSSR count). The first-order valence-corrected chi connectivity index (χ1v) is 11.4. The van der Waals surface area contributed by atoms with Crippen molar-refractivity contribution in [2.24, 2.45) is 0 Å². The van der Waals surface area contributed by atoms with Crippen LogP contribution in [0.5, 0.6) is 5.75 Å². The highest BCUT2D eigenvalue weighted by atomic mass is 127. The Morgan fingerprint density at radius 1 is 1.33 bits per heavy atom. The normalized spacial score (nSPS) is 20.8. The molecule has 0 aliphatic carbocycles. The molecular formula is C21H22IN5O3. The van der Waals surface area contributed by atoms with Crippen LogP contribution in [0.1, 0.15) is 22.8 Å². The van der Waals surface area contributed by atoms with E-state index in [0.717, 1.165) is 46.6 Å². The van der Waals surface area contributed by atoms with Crippen molar-refractivity contribution in [3.63, 3.8) is 0 Å². The van der Waals surface area contributed by atoms with E-state index in [1.165, 1.54) is 0 Å². The van der Waals surface area contributed by atoms with Gasteiger partial charge in [-0.1, -0.05) is 22.6 Å². The standard InChI is InChI=1S/C21H22IN5O3/c1-21(13-22)11-14-9-16(17(10-18(14)30-21)26-5-7-29-8-6-26)25-20(28)15-12-24-27-4-2-3-23-19(15)27/h2-4,9-10,12H,5-8,11,13H2,1H3,(H,25,28)/t21-/m1/s1. The Morgan fingerprint density at radius 2 is 2.17 bits per heavy atom. The minimum atomic E-state index is -0.228. The van der Waals surface area contributed by atoms with E-state index in [2.05, 4.69) is 61.9 Å². The maximum absolute atomic E-state index is 13.1. The summed E-state index contributed by atoms with van der Waals surface area (Å²) in [5.41, 5.74) is 3.59. The average Bonchev–Trinajstić information content (AvgIpc) is 3.34. The van der Waals surface area contributed by atoms with Crippen LogP contribution in [-0.2, 0) is 11.2 Å². The molecule has 9 heteroatoms. The van der Waals surface area contributed by atoms with Gasteiger partial charge >= 0.3 is 0 Å². The third kappa shape index (κ3) is 3.49. The van der Waals surface area contributed by atoms with Gasteiger partial charge in [0.05, 0.1) is 30.8 Å². The summed E-state index contributed by atoms with van der Waals surface area (Å²) in [4.78, 5) is 19.7. The Bertz CT molecular complexity index is 1110. The molecule has 2 aliphatic heterocycles. The van der Waals surface area contributed by atoms with Crippen LogP contribution in [0.4, 0.5) is 11.4 Å². The third-order valence-electron chi connectivity index (χ3n) is 5.51. The van der Waals surface area contributed by atoms with Crippen molar-refractivity contribution >= 4 is 45.5 Å². The Labute approximate surface area is 187 Å². The van der Waals surface area contributed by atoms with Gasteiger partial charge in [0.25, 0.3) is 5.91 Å². The number of nitrogens with zero attached hydrogens (tertiary/aromatic N) is 4. The van der Waals surface area contributed by atoms with E-state index < -0.39 is 0 Å². The van der Waals surface area contributed by atoms with Crippen molar-refractivity contribution < 1.29 is 14.3 Å². The summed E-state index contributed by atoms with van der Waals surface area (Å²) < 4.78 is 14.3. The van der Waals surface area contributed by atoms with Crippen molar-refractivity contribution in [1.82, 2.24) is 14.6 Å². The number of nitrogens with one attached hydrogen (secondary N) is 1. The summed E-state index contributed by atoms with van der Waals surface area (Å²) in [6, 6.07) is 5.89. The minimum absolute atomic E-state index is 0.222. The molecule has 0 radical (unpaired) electrons. The summed E-state index contributed by atoms with van der Waals surface area (Å²) in [6.45, 7) is 4.98. The second kappa shape index (κ2) is 7.69. The average molecular weight is 519 g/mol. The first-order chi connectivity index (χ1) is 14.6. The van der Waals surface area contributed by atoms with Crippen LogP contribution in [0.2, 0.25) is 0 Å². The van der Waals surface area contributed by atoms with Crippen LogP contribution in [0.15, 0.2) is 36.8 Å². The zero-order valence-corrected chi connectivity index (χ0v) is 18.8. The molecule has 0 unspecified atom stereocenters. The van der Waals surface area contributed by atoms with Gasteiger partial charge < -0.3 is 19.7 Å². The van der Waals surface area contributed by atoms with Crippen molar-refractivity contribution in [3.05, 3.63) is 47.9 Å². The molecular weight excluding hydrogens is 497 g/mol. The molecule has 1 amide bonds. The second-order valence-electron chi connectivity index (χ2n) is 7.84. The van der Waals surface area contributed by atoms with Crippen LogP contribution in [0.3, 0.4) is 0 Å². The molecule has 1 aromatic carbocycles. The van der Waals surface area contributed by atoms with Gasteiger partial charge in [-0.25, -0.2) is 9.50 Å². The van der Waals surface area contributed by atoms with Gasteiger partial charge in [0, 0.05) is 48.0 Å². The van der Waals surface area contributed by atoms with E-state index in [-0.39, 0.29) is 11.5 Å². The summed E-state index contributed by atoms with van der Waals surface area (Å²) in [5.74, 6) is 0.667. The van der Waals surface area contributed by atoms with Crippen LogP contribution in [0.25, 0.3) is 5.65 Å². The Balaban J connectivity index is 1.51. The Kier molecular flexibility index (Phi) is 5.02. The summed E-state index contributed by atoms with van der Waals surface area (Å²) in [5, 5.41) is 7.33. The molecule has 156 valence electrons. The quantitative estimate of drug-likeness (QED) is 0.422. The number of rotatable bonds is 4. The van der Waals surface area contributed by atoms with Gasteiger partial charge in [0.1, 0.15) is 16.9 Å². The van der Waals surface area contributed by atoms with E-state index >= 15 is 0 Å². The molecule has 0 spiro atoms. The fourth-order valence-corrected chi connectivity index (χ4v) is 4.39. The predicted octanol–water partition coefficient (Wildman–Crippen LogP) is 2.95. The van der Waals surface area contributed by atoms with E-state index in [9.17, 15) is 4.79 Å². The van der Waals surface area contributed by atoms with Crippen LogP contribution in [0, 0.1) is 0 Å². The highest BCUT2D eigenvalue weighted by Crippen LogP contribution is 2.42. The zero-order chi connectivity index (χ0) is 20.7. The number of hydrogen-bond donors (Lipinski definition) is 1. The van der Waals surface area contributed by atoms with Crippen LogP contribution in [-0.4, -0.2) is 56.8 Å². The lowest BCUT2D eigenvalue weighted by Gasteiger charge is -2.31. The summed E-state index contributed by atoms with van der Waals surface area (Å²) >= 11 is 2.36. The number of amides is 1. The fraction of sp³-hybridized carbons (Fsp3) is 0.381. The Hall–Kier alpha value is -2.40. The van der Waals surface area contributed by atoms with Crippen molar-refractivity contribution in [2.45, 2.75) is 18.9 Å². The number of halogens is 1. The smallest absolute Gasteiger partial charge is 0.261 e. The predicted molar refractivity (Wildman–Crippen MR) is 122 cm³/mol. The van der Waals surface area contributed by atoms with Gasteiger partial charge in [-0.3, -0.25) is 4.79 Å². The fourth-order valence-electron chi connectivity index (χ4n) is 3.97. The molecule has 30 heavy (non-hydrogen) atoms. The van der Waals surface area contributed by atoms with Gasteiger partial charge in [0.2, 0.25) is 0 Å². The lowest BCUT2D eigenvalue weighted by atomic mass is 10.0. The topological polar surface area (TPSA) is 81.0 Å². The maximum atomic E-state index is 13.1. The highest BCUT2D eigenvalue weighted by Gasteiger charge is 2.35. The summed E-state index contributed by atoms with van der Waals surface area (Å²) in [7, 11) is 0. The number of ether oxygens (including phenoxy) is 2. The van der Waals surface area contributed by atoms with Crippen LogP contribution < -0.4 is 15.0 Å². The first kappa shape index (κ1) is 19.6. The molecule has 0 bridgehead atoms. The number of alkyl halides is 1. The number of carbonyl (C=O) groups excluding carboxylic acids is 1. The number of fused-ring (bicyclic) bond motifs is 2. The number of morpholine rings is 1. The number of anilines is 2. The van der Waals surface area contributed by atoms with Crippen molar-refractivity contribution in [2.75, 3.05) is 40.9 Å². The Morgan fingerprint density at radius 3 is 2.97 bits per heavy atom. The minimum Gasteiger partial charge on any atom is -0.486 e. The van der Waals surface area contributed by atoms with Gasteiger partial charge in [0.15, 0.2) is 5.65 Å². The molecule has 0 saturated carbocycles. The van der Waals surface area contributed by atoms with Crippen molar-refractivity contribution in [1.29, 1.82) is 0 Å². The maximum Gasteiger partial charge on any atom is 0.261 e. The molecule has 2 aliphatic rings. The highest BCUT2D eigenvalue weighted by molar-refractivity contribution is 14.1. The molecule has 4 heterocycles. The largest absolute Gasteiger partial charge is 0.486 e. The molecule has 3 aromatic rings. The third-order valence-corrected chi connectivity index (χ3v) is 7.12. The van der Waals surface area contributed by atoms with E-state index in [1.54, 1.807) is 29.2 Å². The lowest BCUT2D eigenvalue weighted by Crippen LogP contribution is -2.36. The molecule has 2 aromatic heterocycles. The first-order valence-electron chi connectivity index (χ1n) is 9.91. The molecule has 1 atom stereocenters. The van der Waals surface area contributed by atoms with Crippen LogP contribution >= 0.6 is 22.6 Å². The monoisotopic (exact) mass is 519 g/mol. The van der Waals surface area contributed by atoms with Gasteiger partial charge in [-0.2, -0.15) is 5.10 Å². The number of benzene rings is 1. The van der Waals surface area contributed by atoms with E-state index in [4.69, 9.17) is 9.47 Å². The second-order valence-corrected chi connectivity index (χ2v) is 8.60. The molecule has 8 nitrogen and oxygen atoms in total. The number of hydrogen-bond acceptors (Lipinski definition) is 6. The summed E-state index contributed by atoms with van der Waals surface area (Å²) in [6.07, 6.45) is 5.80. The zero-order valence-electron chi connectivity index (χ0n) is 16.6. The molecule has 1 saturated heterocycles. The molecule has 1 N–H and O–H groups in total.